The molecule has 0 spiro atoms. The molecule has 0 aromatic heterocycles. The lowest BCUT2D eigenvalue weighted by Gasteiger charge is -2.11. The highest BCUT2D eigenvalue weighted by Crippen LogP contribution is 2.49. The molecule has 2 amide bonds. The van der Waals surface area contributed by atoms with Crippen LogP contribution in [-0.2, 0) is 4.79 Å². The molecule has 2 atom stereocenters. The highest BCUT2D eigenvalue weighted by molar-refractivity contribution is 6.04. The fourth-order valence-corrected chi connectivity index (χ4v) is 3.13. The number of rotatable bonds is 6. The number of hydrogen-bond donors (Lipinski definition) is 3. The van der Waals surface area contributed by atoms with Crippen LogP contribution in [0.25, 0.3) is 0 Å². The zero-order valence-corrected chi connectivity index (χ0v) is 14.3. The Bertz CT molecular complexity index is 788. The van der Waals surface area contributed by atoms with Crippen LogP contribution in [-0.4, -0.2) is 24.9 Å². The van der Waals surface area contributed by atoms with Crippen molar-refractivity contribution in [2.45, 2.75) is 19.3 Å². The van der Waals surface area contributed by atoms with E-state index in [0.717, 1.165) is 6.42 Å². The highest BCUT2D eigenvalue weighted by Gasteiger charge is 2.44. The predicted molar refractivity (Wildman–Crippen MR) is 98.5 cm³/mol. The third-order valence-corrected chi connectivity index (χ3v) is 4.57. The van der Waals surface area contributed by atoms with E-state index >= 15 is 0 Å². The maximum atomic E-state index is 12.6. The number of nitrogens with two attached hydrogens (primary N) is 1. The minimum atomic E-state index is -0.229. The van der Waals surface area contributed by atoms with E-state index < -0.39 is 0 Å². The first-order valence-electron chi connectivity index (χ1n) is 8.55. The largest absolute Gasteiger partial charge is 0.351 e. The van der Waals surface area contributed by atoms with E-state index in [2.05, 4.69) is 29.7 Å². The monoisotopic (exact) mass is 337 g/mol. The molecule has 5 nitrogen and oxygen atoms in total. The first-order chi connectivity index (χ1) is 12.1. The smallest absolute Gasteiger partial charge is 0.253 e. The highest BCUT2D eigenvalue weighted by atomic mass is 16.2. The second-order valence-electron chi connectivity index (χ2n) is 6.38. The number of carbonyl (C=O) groups is 2. The van der Waals surface area contributed by atoms with Crippen LogP contribution in [0.4, 0.5) is 5.69 Å². The van der Waals surface area contributed by atoms with Crippen molar-refractivity contribution in [2.24, 2.45) is 11.7 Å². The molecule has 1 saturated carbocycles. The van der Waals surface area contributed by atoms with Gasteiger partial charge in [0.2, 0.25) is 5.91 Å². The molecule has 0 radical (unpaired) electrons. The molecule has 25 heavy (non-hydrogen) atoms. The lowest BCUT2D eigenvalue weighted by molar-refractivity contribution is -0.117. The SMILES string of the molecule is Cc1ccccc1C1CC1C(=O)Nc1ccccc1C(=O)NCCN. The fraction of sp³-hybridized carbons (Fsp3) is 0.300. The molecule has 0 heterocycles. The van der Waals surface area contributed by atoms with Crippen molar-refractivity contribution in [1.82, 2.24) is 5.32 Å². The molecule has 5 heteroatoms. The van der Waals surface area contributed by atoms with Crippen LogP contribution >= 0.6 is 0 Å². The van der Waals surface area contributed by atoms with Crippen LogP contribution in [0.2, 0.25) is 0 Å². The Morgan fingerprint density at radius 3 is 2.60 bits per heavy atom. The number of aryl methyl sites for hydroxylation is 1. The lowest BCUT2D eigenvalue weighted by atomic mass is 10.0. The van der Waals surface area contributed by atoms with Gasteiger partial charge in [0, 0.05) is 19.0 Å². The van der Waals surface area contributed by atoms with Gasteiger partial charge in [-0.05, 0) is 42.5 Å². The number of nitrogens with one attached hydrogen (secondary N) is 2. The van der Waals surface area contributed by atoms with Crippen LogP contribution < -0.4 is 16.4 Å². The van der Waals surface area contributed by atoms with Gasteiger partial charge in [0.15, 0.2) is 0 Å². The summed E-state index contributed by atoms with van der Waals surface area (Å²) in [5.41, 5.74) is 8.86. The zero-order chi connectivity index (χ0) is 17.8. The molecule has 1 fully saturated rings. The first-order valence-corrected chi connectivity index (χ1v) is 8.55. The second-order valence-corrected chi connectivity index (χ2v) is 6.38. The minimum absolute atomic E-state index is 0.0349. The van der Waals surface area contributed by atoms with Crippen molar-refractivity contribution < 1.29 is 9.59 Å². The third kappa shape index (κ3) is 3.88. The number of para-hydroxylation sites is 1. The van der Waals surface area contributed by atoms with Gasteiger partial charge in [-0.1, -0.05) is 36.4 Å². The topological polar surface area (TPSA) is 84.2 Å². The van der Waals surface area contributed by atoms with Crippen molar-refractivity contribution in [3.8, 4) is 0 Å². The van der Waals surface area contributed by atoms with Gasteiger partial charge in [-0.3, -0.25) is 9.59 Å². The molecule has 2 aromatic rings. The molecular weight excluding hydrogens is 314 g/mol. The Labute approximate surface area is 147 Å². The molecule has 0 aliphatic heterocycles. The predicted octanol–water partition coefficient (Wildman–Crippen LogP) is 2.43. The van der Waals surface area contributed by atoms with E-state index in [4.69, 9.17) is 5.73 Å². The number of carbonyl (C=O) groups excluding carboxylic acids is 2. The van der Waals surface area contributed by atoms with Gasteiger partial charge in [-0.15, -0.1) is 0 Å². The third-order valence-electron chi connectivity index (χ3n) is 4.57. The summed E-state index contributed by atoms with van der Waals surface area (Å²) in [4.78, 5) is 24.8. The van der Waals surface area contributed by atoms with Crippen molar-refractivity contribution in [1.29, 1.82) is 0 Å². The van der Waals surface area contributed by atoms with E-state index in [1.165, 1.54) is 11.1 Å². The molecule has 130 valence electrons. The summed E-state index contributed by atoms with van der Waals surface area (Å²) in [6.45, 7) is 2.85. The minimum Gasteiger partial charge on any atom is -0.351 e. The second kappa shape index (κ2) is 7.49. The molecular formula is C20H23N3O2. The Morgan fingerprint density at radius 2 is 1.84 bits per heavy atom. The van der Waals surface area contributed by atoms with Crippen molar-refractivity contribution in [2.75, 3.05) is 18.4 Å². The molecule has 0 bridgehead atoms. The van der Waals surface area contributed by atoms with Gasteiger partial charge < -0.3 is 16.4 Å². The molecule has 4 N–H and O–H groups in total. The number of hydrogen-bond acceptors (Lipinski definition) is 3. The van der Waals surface area contributed by atoms with Gasteiger partial charge >= 0.3 is 0 Å². The fourth-order valence-electron chi connectivity index (χ4n) is 3.13. The quantitative estimate of drug-likeness (QED) is 0.757. The Balaban J connectivity index is 1.69. The maximum absolute atomic E-state index is 12.6. The van der Waals surface area contributed by atoms with Gasteiger partial charge in [0.05, 0.1) is 11.3 Å². The van der Waals surface area contributed by atoms with Crippen LogP contribution in [0.15, 0.2) is 48.5 Å². The van der Waals surface area contributed by atoms with Gasteiger partial charge in [0.1, 0.15) is 0 Å². The standard InChI is InChI=1S/C20H23N3O2/c1-13-6-2-3-7-14(13)16-12-17(16)20(25)23-18-9-5-4-8-15(18)19(24)22-11-10-21/h2-9,16-17H,10-12,21H2,1H3,(H,22,24)(H,23,25). The lowest BCUT2D eigenvalue weighted by Crippen LogP contribution is -2.30. The average molecular weight is 337 g/mol. The Hall–Kier alpha value is -2.66. The first kappa shape index (κ1) is 17.2. The van der Waals surface area contributed by atoms with E-state index in [-0.39, 0.29) is 23.7 Å². The summed E-state index contributed by atoms with van der Waals surface area (Å²) >= 11 is 0. The van der Waals surface area contributed by atoms with Crippen LogP contribution in [0.5, 0.6) is 0 Å². The Kier molecular flexibility index (Phi) is 5.14. The van der Waals surface area contributed by atoms with Gasteiger partial charge in [-0.25, -0.2) is 0 Å². The van der Waals surface area contributed by atoms with Crippen LogP contribution in [0, 0.1) is 12.8 Å². The van der Waals surface area contributed by atoms with Crippen molar-refractivity contribution in [3.05, 3.63) is 65.2 Å². The molecule has 0 saturated heterocycles. The number of anilines is 1. The number of benzene rings is 2. The van der Waals surface area contributed by atoms with Crippen molar-refractivity contribution >= 4 is 17.5 Å². The number of amides is 2. The van der Waals surface area contributed by atoms with Crippen molar-refractivity contribution in [3.63, 3.8) is 0 Å². The van der Waals surface area contributed by atoms with Gasteiger partial charge in [-0.2, -0.15) is 0 Å². The van der Waals surface area contributed by atoms with E-state index in [0.29, 0.717) is 24.3 Å². The zero-order valence-electron chi connectivity index (χ0n) is 14.3. The maximum Gasteiger partial charge on any atom is 0.253 e. The molecule has 1 aliphatic rings. The summed E-state index contributed by atoms with van der Waals surface area (Å²) in [6.07, 6.45) is 0.845. The Morgan fingerprint density at radius 1 is 1.12 bits per heavy atom. The summed E-state index contributed by atoms with van der Waals surface area (Å²) < 4.78 is 0. The van der Waals surface area contributed by atoms with Gasteiger partial charge in [0.25, 0.3) is 5.91 Å². The molecule has 2 aromatic carbocycles. The van der Waals surface area contributed by atoms with Crippen LogP contribution in [0.3, 0.4) is 0 Å². The molecule has 2 unspecified atom stereocenters. The summed E-state index contributed by atoms with van der Waals surface area (Å²) in [7, 11) is 0. The van der Waals surface area contributed by atoms with E-state index in [1.54, 1.807) is 24.3 Å². The van der Waals surface area contributed by atoms with E-state index in [9.17, 15) is 9.59 Å². The van der Waals surface area contributed by atoms with E-state index in [1.807, 2.05) is 12.1 Å². The molecule has 3 rings (SSSR count). The molecule has 1 aliphatic carbocycles. The average Bonchev–Trinajstić information content (AvgIpc) is 3.41. The summed E-state index contributed by atoms with van der Waals surface area (Å²) in [5, 5.41) is 5.65. The summed E-state index contributed by atoms with van der Waals surface area (Å²) in [5.74, 6) is -0.0411. The van der Waals surface area contributed by atoms with Crippen LogP contribution in [0.1, 0.15) is 33.8 Å². The summed E-state index contributed by atoms with van der Waals surface area (Å²) in [6, 6.07) is 15.2. The normalized spacial score (nSPS) is 18.5.